The molecule has 0 saturated carbocycles. The lowest BCUT2D eigenvalue weighted by Gasteiger charge is -2.12. The standard InChI is InChI=1S/C16H21NO/c1-3-12(11-17)8-13-4-5-15-10-16(18-2)7-6-14(15)9-13/h4-7,9-10,12H,3,8,11,17H2,1-2H3. The molecule has 0 aliphatic carbocycles. The smallest absolute Gasteiger partial charge is 0.119 e. The van der Waals surface area contributed by atoms with Crippen LogP contribution in [0.15, 0.2) is 36.4 Å². The Kier molecular flexibility index (Phi) is 4.21. The monoisotopic (exact) mass is 243 g/mol. The summed E-state index contributed by atoms with van der Waals surface area (Å²) in [5, 5.41) is 2.49. The summed E-state index contributed by atoms with van der Waals surface area (Å²) in [6, 6.07) is 12.8. The van der Waals surface area contributed by atoms with Crippen molar-refractivity contribution in [1.29, 1.82) is 0 Å². The van der Waals surface area contributed by atoms with E-state index in [9.17, 15) is 0 Å². The largest absolute Gasteiger partial charge is 0.497 e. The van der Waals surface area contributed by atoms with Gasteiger partial charge in [-0.25, -0.2) is 0 Å². The molecule has 0 amide bonds. The second-order valence-electron chi connectivity index (χ2n) is 4.76. The zero-order valence-electron chi connectivity index (χ0n) is 11.1. The maximum Gasteiger partial charge on any atom is 0.119 e. The zero-order valence-corrected chi connectivity index (χ0v) is 11.1. The van der Waals surface area contributed by atoms with Gasteiger partial charge in [0.15, 0.2) is 0 Å². The number of hydrogen-bond donors (Lipinski definition) is 1. The second kappa shape index (κ2) is 5.87. The van der Waals surface area contributed by atoms with E-state index in [1.807, 2.05) is 6.07 Å². The molecular weight excluding hydrogens is 222 g/mol. The van der Waals surface area contributed by atoms with Gasteiger partial charge in [0.1, 0.15) is 5.75 Å². The Morgan fingerprint density at radius 2 is 1.83 bits per heavy atom. The Balaban J connectivity index is 2.27. The van der Waals surface area contributed by atoms with Crippen molar-refractivity contribution in [3.05, 3.63) is 42.0 Å². The number of nitrogens with two attached hydrogens (primary N) is 1. The summed E-state index contributed by atoms with van der Waals surface area (Å²) < 4.78 is 5.24. The average molecular weight is 243 g/mol. The lowest BCUT2D eigenvalue weighted by Crippen LogP contribution is -2.15. The van der Waals surface area contributed by atoms with Gasteiger partial charge in [-0.3, -0.25) is 0 Å². The first-order chi connectivity index (χ1) is 8.76. The summed E-state index contributed by atoms with van der Waals surface area (Å²) in [4.78, 5) is 0. The van der Waals surface area contributed by atoms with Gasteiger partial charge in [-0.05, 0) is 47.4 Å². The summed E-state index contributed by atoms with van der Waals surface area (Å²) in [7, 11) is 1.70. The molecule has 2 aromatic carbocycles. The molecule has 2 heteroatoms. The normalized spacial score (nSPS) is 12.6. The molecule has 0 fully saturated rings. The molecule has 96 valence electrons. The van der Waals surface area contributed by atoms with Crippen molar-refractivity contribution in [2.45, 2.75) is 19.8 Å². The summed E-state index contributed by atoms with van der Waals surface area (Å²) in [5.74, 6) is 1.49. The van der Waals surface area contributed by atoms with Crippen LogP contribution in [0, 0.1) is 5.92 Å². The lowest BCUT2D eigenvalue weighted by molar-refractivity contribution is 0.415. The van der Waals surface area contributed by atoms with E-state index in [0.29, 0.717) is 5.92 Å². The van der Waals surface area contributed by atoms with Crippen LogP contribution >= 0.6 is 0 Å². The van der Waals surface area contributed by atoms with Crippen LogP contribution in [0.2, 0.25) is 0 Å². The van der Waals surface area contributed by atoms with Crippen molar-refractivity contribution in [1.82, 2.24) is 0 Å². The number of hydrogen-bond acceptors (Lipinski definition) is 2. The predicted molar refractivity (Wildman–Crippen MR) is 77.0 cm³/mol. The summed E-state index contributed by atoms with van der Waals surface area (Å²) in [6.07, 6.45) is 2.20. The van der Waals surface area contributed by atoms with E-state index in [1.165, 1.54) is 16.3 Å². The van der Waals surface area contributed by atoms with E-state index >= 15 is 0 Å². The predicted octanol–water partition coefficient (Wildman–Crippen LogP) is 3.38. The van der Waals surface area contributed by atoms with Gasteiger partial charge >= 0.3 is 0 Å². The SMILES string of the molecule is CCC(CN)Cc1ccc2cc(OC)ccc2c1. The van der Waals surface area contributed by atoms with Gasteiger partial charge in [0.2, 0.25) is 0 Å². The van der Waals surface area contributed by atoms with E-state index in [0.717, 1.165) is 25.1 Å². The number of benzene rings is 2. The van der Waals surface area contributed by atoms with E-state index in [2.05, 4.69) is 37.3 Å². The van der Waals surface area contributed by atoms with Crippen LogP contribution < -0.4 is 10.5 Å². The van der Waals surface area contributed by atoms with Gasteiger partial charge in [-0.15, -0.1) is 0 Å². The molecule has 0 radical (unpaired) electrons. The number of ether oxygens (including phenoxy) is 1. The van der Waals surface area contributed by atoms with Crippen molar-refractivity contribution < 1.29 is 4.74 Å². The van der Waals surface area contributed by atoms with E-state index < -0.39 is 0 Å². The summed E-state index contributed by atoms with van der Waals surface area (Å²) in [5.41, 5.74) is 7.13. The average Bonchev–Trinajstić information content (AvgIpc) is 2.44. The molecule has 2 N–H and O–H groups in total. The van der Waals surface area contributed by atoms with Crippen molar-refractivity contribution in [2.75, 3.05) is 13.7 Å². The third-order valence-corrected chi connectivity index (χ3v) is 3.55. The fraction of sp³-hybridized carbons (Fsp3) is 0.375. The fourth-order valence-corrected chi connectivity index (χ4v) is 2.25. The number of methoxy groups -OCH3 is 1. The van der Waals surface area contributed by atoms with Gasteiger partial charge in [0.25, 0.3) is 0 Å². The Labute approximate surface area is 109 Å². The maximum atomic E-state index is 5.77. The molecule has 0 bridgehead atoms. The molecular formula is C16H21NO. The third-order valence-electron chi connectivity index (χ3n) is 3.55. The highest BCUT2D eigenvalue weighted by molar-refractivity contribution is 5.84. The van der Waals surface area contributed by atoms with Crippen LogP contribution in [0.4, 0.5) is 0 Å². The second-order valence-corrected chi connectivity index (χ2v) is 4.76. The van der Waals surface area contributed by atoms with Crippen molar-refractivity contribution in [2.24, 2.45) is 11.7 Å². The lowest BCUT2D eigenvalue weighted by atomic mass is 9.95. The Bertz CT molecular complexity index is 517. The van der Waals surface area contributed by atoms with E-state index in [1.54, 1.807) is 7.11 Å². The molecule has 2 aromatic rings. The highest BCUT2D eigenvalue weighted by atomic mass is 16.5. The topological polar surface area (TPSA) is 35.2 Å². The molecule has 0 heterocycles. The molecule has 1 atom stereocenters. The maximum absolute atomic E-state index is 5.77. The van der Waals surface area contributed by atoms with Gasteiger partial charge in [0.05, 0.1) is 7.11 Å². The molecule has 0 spiro atoms. The Morgan fingerprint density at radius 3 is 2.50 bits per heavy atom. The van der Waals surface area contributed by atoms with Crippen molar-refractivity contribution in [3.63, 3.8) is 0 Å². The highest BCUT2D eigenvalue weighted by Crippen LogP contribution is 2.23. The molecule has 0 aromatic heterocycles. The first-order valence-corrected chi connectivity index (χ1v) is 6.53. The minimum atomic E-state index is 0.584. The Morgan fingerprint density at radius 1 is 1.11 bits per heavy atom. The van der Waals surface area contributed by atoms with E-state index in [4.69, 9.17) is 10.5 Å². The third kappa shape index (κ3) is 2.82. The van der Waals surface area contributed by atoms with Crippen LogP contribution in [-0.4, -0.2) is 13.7 Å². The quantitative estimate of drug-likeness (QED) is 0.873. The van der Waals surface area contributed by atoms with Gasteiger partial charge in [-0.2, -0.15) is 0 Å². The zero-order chi connectivity index (χ0) is 13.0. The highest BCUT2D eigenvalue weighted by Gasteiger charge is 2.06. The Hall–Kier alpha value is -1.54. The molecule has 1 unspecified atom stereocenters. The molecule has 0 aliphatic heterocycles. The van der Waals surface area contributed by atoms with Crippen LogP contribution in [0.5, 0.6) is 5.75 Å². The minimum absolute atomic E-state index is 0.584. The van der Waals surface area contributed by atoms with Crippen LogP contribution in [0.1, 0.15) is 18.9 Å². The molecule has 18 heavy (non-hydrogen) atoms. The van der Waals surface area contributed by atoms with Crippen molar-refractivity contribution in [3.8, 4) is 5.75 Å². The molecule has 2 nitrogen and oxygen atoms in total. The minimum Gasteiger partial charge on any atom is -0.497 e. The number of fused-ring (bicyclic) bond motifs is 1. The molecule has 0 aliphatic rings. The molecule has 0 saturated heterocycles. The first-order valence-electron chi connectivity index (χ1n) is 6.53. The van der Waals surface area contributed by atoms with Crippen molar-refractivity contribution >= 4 is 10.8 Å². The number of rotatable bonds is 5. The first kappa shape index (κ1) is 12.9. The van der Waals surface area contributed by atoms with Crippen LogP contribution in [0.3, 0.4) is 0 Å². The fourth-order valence-electron chi connectivity index (χ4n) is 2.25. The van der Waals surface area contributed by atoms with Gasteiger partial charge in [-0.1, -0.05) is 37.6 Å². The van der Waals surface area contributed by atoms with Gasteiger partial charge < -0.3 is 10.5 Å². The van der Waals surface area contributed by atoms with Gasteiger partial charge in [0, 0.05) is 0 Å². The van der Waals surface area contributed by atoms with E-state index in [-0.39, 0.29) is 0 Å². The summed E-state index contributed by atoms with van der Waals surface area (Å²) >= 11 is 0. The van der Waals surface area contributed by atoms with Crippen LogP contribution in [0.25, 0.3) is 10.8 Å². The summed E-state index contributed by atoms with van der Waals surface area (Å²) in [6.45, 7) is 2.96. The molecule has 2 rings (SSSR count). The van der Waals surface area contributed by atoms with Crippen LogP contribution in [-0.2, 0) is 6.42 Å².